The van der Waals surface area contributed by atoms with Crippen LogP contribution < -0.4 is 10.2 Å². The molecular formula is C18H22N2O2S. The molecule has 0 aromatic heterocycles. The van der Waals surface area contributed by atoms with Crippen LogP contribution in [0.1, 0.15) is 36.5 Å². The number of fused-ring (bicyclic) bond motifs is 1. The first-order chi connectivity index (χ1) is 11.2. The van der Waals surface area contributed by atoms with Gasteiger partial charge in [0.1, 0.15) is 15.9 Å². The molecule has 0 amide bonds. The zero-order valence-corrected chi connectivity index (χ0v) is 14.4. The highest BCUT2D eigenvalue weighted by atomic mass is 32.2. The third-order valence-corrected chi connectivity index (χ3v) is 6.97. The summed E-state index contributed by atoms with van der Waals surface area (Å²) in [5.41, 5.74) is 8.71. The smallest absolute Gasteiger partial charge is 0.150 e. The Hall–Kier alpha value is -1.43. The summed E-state index contributed by atoms with van der Waals surface area (Å²) in [5, 5.41) is 2.21. The highest BCUT2D eigenvalue weighted by Gasteiger charge is 2.43. The average molecular weight is 330 g/mol. The molecule has 3 aliphatic rings. The van der Waals surface area contributed by atoms with Gasteiger partial charge in [-0.05, 0) is 41.7 Å². The minimum atomic E-state index is -0.917. The quantitative estimate of drug-likeness (QED) is 0.847. The van der Waals surface area contributed by atoms with Crippen molar-refractivity contribution in [1.82, 2.24) is 10.4 Å². The molecule has 0 saturated carbocycles. The van der Waals surface area contributed by atoms with Crippen LogP contribution in [-0.4, -0.2) is 30.3 Å². The van der Waals surface area contributed by atoms with Gasteiger partial charge in [0.05, 0.1) is 12.8 Å². The van der Waals surface area contributed by atoms with Crippen LogP contribution in [0.15, 0.2) is 46.0 Å². The average Bonchev–Trinajstić information content (AvgIpc) is 2.92. The fourth-order valence-electron chi connectivity index (χ4n) is 3.77. The summed E-state index contributed by atoms with van der Waals surface area (Å²) in [6, 6.07) is 8.02. The van der Waals surface area contributed by atoms with E-state index in [1.165, 1.54) is 16.8 Å². The van der Waals surface area contributed by atoms with Gasteiger partial charge in [-0.15, -0.1) is 0 Å². The Morgan fingerprint density at radius 3 is 2.74 bits per heavy atom. The molecule has 1 aromatic carbocycles. The maximum atomic E-state index is 13.0. The summed E-state index contributed by atoms with van der Waals surface area (Å²) in [4.78, 5) is 1.16. The predicted octanol–water partition coefficient (Wildman–Crippen LogP) is 3.03. The van der Waals surface area contributed by atoms with Crippen molar-refractivity contribution in [3.05, 3.63) is 51.6 Å². The number of nitrogens with one attached hydrogen (secondary N) is 1. The summed E-state index contributed by atoms with van der Waals surface area (Å²) in [5.74, 6) is 0.843. The van der Waals surface area contributed by atoms with Gasteiger partial charge >= 0.3 is 0 Å². The van der Waals surface area contributed by atoms with E-state index >= 15 is 0 Å². The summed E-state index contributed by atoms with van der Waals surface area (Å²) >= 11 is -0.917. The third-order valence-electron chi connectivity index (χ3n) is 5.08. The molecule has 2 unspecified atom stereocenters. The normalized spacial score (nSPS) is 27.6. The molecule has 1 N–H and O–H groups in total. The molecule has 2 heterocycles. The zero-order valence-electron chi connectivity index (χ0n) is 13.6. The number of hydrogen-bond acceptors (Lipinski definition) is 4. The van der Waals surface area contributed by atoms with Crippen molar-refractivity contribution in [3.8, 4) is 5.75 Å². The van der Waals surface area contributed by atoms with Gasteiger partial charge in [-0.25, -0.2) is 5.01 Å². The number of ether oxygens (including phenoxy) is 1. The van der Waals surface area contributed by atoms with Gasteiger partial charge in [0.15, 0.2) is 0 Å². The van der Waals surface area contributed by atoms with E-state index in [-0.39, 0.29) is 5.25 Å². The van der Waals surface area contributed by atoms with E-state index in [1.54, 1.807) is 7.11 Å². The molecule has 1 aliphatic carbocycles. The monoisotopic (exact) mass is 330 g/mol. The van der Waals surface area contributed by atoms with Crippen molar-refractivity contribution < 1.29 is 9.29 Å². The van der Waals surface area contributed by atoms with Crippen LogP contribution in [0.5, 0.6) is 5.75 Å². The maximum Gasteiger partial charge on any atom is 0.150 e. The summed E-state index contributed by atoms with van der Waals surface area (Å²) in [6.45, 7) is 1.05. The molecule has 0 saturated heterocycles. The SMILES string of the molecule is COc1ccc(C2CC3=C(CCC4=C3NN(C)CC4)[S+]2[O-])cc1. The number of hydrazine groups is 1. The molecule has 0 radical (unpaired) electrons. The van der Waals surface area contributed by atoms with Crippen molar-refractivity contribution in [3.63, 3.8) is 0 Å². The highest BCUT2D eigenvalue weighted by molar-refractivity contribution is 7.95. The van der Waals surface area contributed by atoms with E-state index < -0.39 is 11.2 Å². The Labute approximate surface area is 140 Å². The van der Waals surface area contributed by atoms with Crippen molar-refractivity contribution in [2.24, 2.45) is 0 Å². The largest absolute Gasteiger partial charge is 0.611 e. The van der Waals surface area contributed by atoms with E-state index in [0.717, 1.165) is 48.4 Å². The lowest BCUT2D eigenvalue weighted by Gasteiger charge is -2.32. The number of nitrogens with zero attached hydrogens (tertiary/aromatic N) is 1. The molecule has 4 nitrogen and oxygen atoms in total. The molecule has 0 spiro atoms. The standard InChI is InChI=1S/C18H22N2O2S/c1-20-10-9-13-5-8-16-15(18(13)19-20)11-17(23(16)21)12-3-6-14(22-2)7-4-12/h3-4,6-7,17,19H,5,8-11H2,1-2H3. The second-order valence-electron chi connectivity index (χ2n) is 6.43. The number of hydrogen-bond donors (Lipinski definition) is 1. The third kappa shape index (κ3) is 2.57. The Balaban J connectivity index is 1.63. The van der Waals surface area contributed by atoms with E-state index in [9.17, 15) is 4.55 Å². The van der Waals surface area contributed by atoms with Crippen LogP contribution in [-0.2, 0) is 11.2 Å². The number of methoxy groups -OCH3 is 1. The lowest BCUT2D eigenvalue weighted by Crippen LogP contribution is -2.40. The molecule has 2 aliphatic heterocycles. The Morgan fingerprint density at radius 1 is 1.22 bits per heavy atom. The van der Waals surface area contributed by atoms with E-state index in [1.807, 2.05) is 12.1 Å². The van der Waals surface area contributed by atoms with Crippen LogP contribution in [0.3, 0.4) is 0 Å². The summed E-state index contributed by atoms with van der Waals surface area (Å²) in [7, 11) is 3.74. The van der Waals surface area contributed by atoms with Crippen LogP contribution in [0, 0.1) is 0 Å². The first kappa shape index (κ1) is 15.1. The van der Waals surface area contributed by atoms with E-state index in [4.69, 9.17) is 4.74 Å². The van der Waals surface area contributed by atoms with Crippen molar-refractivity contribution in [2.45, 2.75) is 30.9 Å². The number of allylic oxidation sites excluding steroid dienone is 2. The second-order valence-corrected chi connectivity index (χ2v) is 8.08. The number of rotatable bonds is 2. The van der Waals surface area contributed by atoms with Gasteiger partial charge < -0.3 is 14.7 Å². The van der Waals surface area contributed by atoms with Gasteiger partial charge in [-0.2, -0.15) is 0 Å². The minimum Gasteiger partial charge on any atom is -0.611 e. The molecular weight excluding hydrogens is 308 g/mol. The minimum absolute atomic E-state index is 0.0757. The fraction of sp³-hybridized carbons (Fsp3) is 0.444. The Bertz CT molecular complexity index is 681. The highest BCUT2D eigenvalue weighted by Crippen LogP contribution is 2.49. The van der Waals surface area contributed by atoms with E-state index in [2.05, 4.69) is 29.6 Å². The maximum absolute atomic E-state index is 13.0. The predicted molar refractivity (Wildman–Crippen MR) is 92.2 cm³/mol. The van der Waals surface area contributed by atoms with Crippen LogP contribution in [0.25, 0.3) is 0 Å². The molecule has 23 heavy (non-hydrogen) atoms. The lowest BCUT2D eigenvalue weighted by molar-refractivity contribution is 0.248. The van der Waals surface area contributed by atoms with Crippen LogP contribution >= 0.6 is 0 Å². The van der Waals surface area contributed by atoms with Crippen molar-refractivity contribution in [1.29, 1.82) is 0 Å². The molecule has 0 bridgehead atoms. The fourth-order valence-corrected chi connectivity index (χ4v) is 5.57. The lowest BCUT2D eigenvalue weighted by atomic mass is 9.89. The molecule has 2 atom stereocenters. The molecule has 4 rings (SSSR count). The molecule has 5 heteroatoms. The van der Waals surface area contributed by atoms with Gasteiger partial charge in [0.2, 0.25) is 0 Å². The first-order valence-electron chi connectivity index (χ1n) is 8.14. The van der Waals surface area contributed by atoms with Crippen LogP contribution in [0.2, 0.25) is 0 Å². The molecule has 1 aromatic rings. The second kappa shape index (κ2) is 5.89. The Morgan fingerprint density at radius 2 is 2.00 bits per heavy atom. The van der Waals surface area contributed by atoms with Crippen LogP contribution in [0.4, 0.5) is 0 Å². The summed E-state index contributed by atoms with van der Waals surface area (Å²) in [6.07, 6.45) is 4.00. The van der Waals surface area contributed by atoms with Gasteiger partial charge in [0.25, 0.3) is 0 Å². The molecule has 122 valence electrons. The van der Waals surface area contributed by atoms with Gasteiger partial charge in [-0.1, -0.05) is 12.1 Å². The van der Waals surface area contributed by atoms with Crippen molar-refractivity contribution in [2.75, 3.05) is 20.7 Å². The Kier molecular flexibility index (Phi) is 3.87. The molecule has 0 fully saturated rings. The zero-order chi connectivity index (χ0) is 16.0. The van der Waals surface area contributed by atoms with Crippen molar-refractivity contribution >= 4 is 11.2 Å². The summed E-state index contributed by atoms with van der Waals surface area (Å²) < 4.78 is 18.2. The number of benzene rings is 1. The van der Waals surface area contributed by atoms with Gasteiger partial charge in [-0.3, -0.25) is 0 Å². The van der Waals surface area contributed by atoms with Gasteiger partial charge in [0, 0.05) is 37.6 Å². The van der Waals surface area contributed by atoms with E-state index in [0.29, 0.717) is 0 Å². The topological polar surface area (TPSA) is 47.6 Å². The first-order valence-corrected chi connectivity index (χ1v) is 9.35.